The second kappa shape index (κ2) is 5.18. The predicted octanol–water partition coefficient (Wildman–Crippen LogP) is 1.12. The molecule has 1 aromatic carbocycles. The minimum atomic E-state index is 0.0688. The van der Waals surface area contributed by atoms with Gasteiger partial charge in [-0.05, 0) is 24.1 Å². The average Bonchev–Trinajstić information content (AvgIpc) is 2.17. The number of nitriles is 1. The molecule has 1 N–H and O–H groups in total. The van der Waals surface area contributed by atoms with E-state index < -0.39 is 0 Å². The number of benzene rings is 1. The molecule has 0 atom stereocenters. The van der Waals surface area contributed by atoms with Crippen molar-refractivity contribution in [3.8, 4) is 11.8 Å². The van der Waals surface area contributed by atoms with Crippen LogP contribution in [0, 0.1) is 11.3 Å². The Balaban J connectivity index is 2.54. The van der Waals surface area contributed by atoms with Gasteiger partial charge in [0.05, 0.1) is 0 Å². The minimum Gasteiger partial charge on any atom is -0.479 e. The van der Waals surface area contributed by atoms with E-state index in [4.69, 9.17) is 15.1 Å². The van der Waals surface area contributed by atoms with Crippen LogP contribution in [-0.2, 0) is 6.42 Å². The number of hydrogen-bond donors (Lipinski definition) is 1. The van der Waals surface area contributed by atoms with E-state index in [2.05, 4.69) is 0 Å². The van der Waals surface area contributed by atoms with Gasteiger partial charge in [0.2, 0.25) is 0 Å². The van der Waals surface area contributed by atoms with E-state index in [-0.39, 0.29) is 13.2 Å². The highest BCUT2D eigenvalue weighted by molar-refractivity contribution is 5.27. The van der Waals surface area contributed by atoms with Gasteiger partial charge in [-0.25, -0.2) is 0 Å². The van der Waals surface area contributed by atoms with E-state index >= 15 is 0 Å². The van der Waals surface area contributed by atoms with Crippen LogP contribution in [0.4, 0.5) is 0 Å². The average molecular weight is 177 g/mol. The van der Waals surface area contributed by atoms with Crippen LogP contribution in [0.15, 0.2) is 24.3 Å². The van der Waals surface area contributed by atoms with E-state index in [0.29, 0.717) is 12.2 Å². The standard InChI is InChI=1S/C10H11NO2/c11-6-8-13-10-3-1-9(2-4-10)5-7-12/h1-4,12H,5,7-8H2. The number of hydrogen-bond acceptors (Lipinski definition) is 3. The molecule has 0 saturated heterocycles. The fourth-order valence-corrected chi connectivity index (χ4v) is 0.997. The first-order chi connectivity index (χ1) is 6.36. The lowest BCUT2D eigenvalue weighted by molar-refractivity contribution is 0.299. The molecule has 0 saturated carbocycles. The van der Waals surface area contributed by atoms with Crippen molar-refractivity contribution in [3.05, 3.63) is 29.8 Å². The lowest BCUT2D eigenvalue weighted by atomic mass is 10.1. The summed E-state index contributed by atoms with van der Waals surface area (Å²) in [5, 5.41) is 16.9. The molecule has 0 aliphatic heterocycles. The first kappa shape index (κ1) is 9.56. The Morgan fingerprint density at radius 3 is 2.54 bits per heavy atom. The van der Waals surface area contributed by atoms with Crippen molar-refractivity contribution in [3.63, 3.8) is 0 Å². The van der Waals surface area contributed by atoms with Crippen LogP contribution in [0.5, 0.6) is 5.75 Å². The van der Waals surface area contributed by atoms with Crippen LogP contribution in [0.25, 0.3) is 0 Å². The normalized spacial score (nSPS) is 9.23. The van der Waals surface area contributed by atoms with Crippen molar-refractivity contribution >= 4 is 0 Å². The summed E-state index contributed by atoms with van der Waals surface area (Å²) >= 11 is 0. The number of aliphatic hydroxyl groups excluding tert-OH is 1. The molecular formula is C10H11NO2. The monoisotopic (exact) mass is 177 g/mol. The molecule has 1 rings (SSSR count). The minimum absolute atomic E-state index is 0.0688. The highest BCUT2D eigenvalue weighted by Crippen LogP contribution is 2.11. The maximum Gasteiger partial charge on any atom is 0.174 e. The van der Waals surface area contributed by atoms with Crippen LogP contribution in [0.2, 0.25) is 0 Å². The highest BCUT2D eigenvalue weighted by Gasteiger charge is 1.93. The largest absolute Gasteiger partial charge is 0.479 e. The van der Waals surface area contributed by atoms with E-state index in [1.165, 1.54) is 0 Å². The lowest BCUT2D eigenvalue weighted by Gasteiger charge is -2.02. The number of ether oxygens (including phenoxy) is 1. The molecule has 0 spiro atoms. The molecule has 0 aliphatic rings. The summed E-state index contributed by atoms with van der Waals surface area (Å²) in [6.07, 6.45) is 0.651. The Kier molecular flexibility index (Phi) is 3.80. The molecule has 1 aromatic rings. The predicted molar refractivity (Wildman–Crippen MR) is 48.3 cm³/mol. The third-order valence-corrected chi connectivity index (χ3v) is 1.63. The van der Waals surface area contributed by atoms with Gasteiger partial charge in [-0.1, -0.05) is 12.1 Å². The maximum atomic E-state index is 8.66. The van der Waals surface area contributed by atoms with Gasteiger partial charge < -0.3 is 9.84 Å². The van der Waals surface area contributed by atoms with Crippen LogP contribution in [-0.4, -0.2) is 18.3 Å². The summed E-state index contributed by atoms with van der Waals surface area (Å²) < 4.78 is 5.06. The van der Waals surface area contributed by atoms with E-state index in [0.717, 1.165) is 5.56 Å². The van der Waals surface area contributed by atoms with Gasteiger partial charge in [0.1, 0.15) is 11.8 Å². The van der Waals surface area contributed by atoms with Crippen molar-refractivity contribution in [1.29, 1.82) is 5.26 Å². The molecule has 3 heteroatoms. The van der Waals surface area contributed by atoms with Gasteiger partial charge in [-0.2, -0.15) is 5.26 Å². The summed E-state index contributed by atoms with van der Waals surface area (Å²) in [7, 11) is 0. The van der Waals surface area contributed by atoms with Gasteiger partial charge >= 0.3 is 0 Å². The molecule has 0 amide bonds. The fraction of sp³-hybridized carbons (Fsp3) is 0.300. The van der Waals surface area contributed by atoms with Crippen molar-refractivity contribution in [1.82, 2.24) is 0 Å². The molecule has 0 radical (unpaired) electrons. The first-order valence-corrected chi connectivity index (χ1v) is 4.06. The summed E-state index contributed by atoms with van der Waals surface area (Å²) in [6, 6.07) is 9.24. The number of aliphatic hydroxyl groups is 1. The molecule has 0 unspecified atom stereocenters. The summed E-state index contributed by atoms with van der Waals surface area (Å²) in [6.45, 7) is 0.220. The molecule has 0 aliphatic carbocycles. The van der Waals surface area contributed by atoms with Gasteiger partial charge in [-0.15, -0.1) is 0 Å². The van der Waals surface area contributed by atoms with Crippen molar-refractivity contribution in [2.24, 2.45) is 0 Å². The Bertz CT molecular complexity index is 287. The Labute approximate surface area is 77.2 Å². The van der Waals surface area contributed by atoms with E-state index in [1.807, 2.05) is 18.2 Å². The molecule has 0 bridgehead atoms. The lowest BCUT2D eigenvalue weighted by Crippen LogP contribution is -1.94. The van der Waals surface area contributed by atoms with Crippen LogP contribution in [0.1, 0.15) is 5.56 Å². The zero-order chi connectivity index (χ0) is 9.52. The SMILES string of the molecule is N#CCOc1ccc(CCO)cc1. The third-order valence-electron chi connectivity index (χ3n) is 1.63. The maximum absolute atomic E-state index is 8.66. The van der Waals surface area contributed by atoms with Gasteiger partial charge in [0, 0.05) is 6.61 Å². The molecule has 13 heavy (non-hydrogen) atoms. The smallest absolute Gasteiger partial charge is 0.174 e. The Morgan fingerprint density at radius 1 is 1.31 bits per heavy atom. The fourth-order valence-electron chi connectivity index (χ4n) is 0.997. The second-order valence-corrected chi connectivity index (χ2v) is 2.56. The Hall–Kier alpha value is -1.53. The van der Waals surface area contributed by atoms with Crippen molar-refractivity contribution in [2.45, 2.75) is 6.42 Å². The first-order valence-electron chi connectivity index (χ1n) is 4.06. The molecule has 68 valence electrons. The van der Waals surface area contributed by atoms with Crippen LogP contribution >= 0.6 is 0 Å². The number of nitrogens with zero attached hydrogens (tertiary/aromatic N) is 1. The molecular weight excluding hydrogens is 166 g/mol. The molecule has 0 heterocycles. The van der Waals surface area contributed by atoms with E-state index in [1.54, 1.807) is 12.1 Å². The zero-order valence-electron chi connectivity index (χ0n) is 7.23. The molecule has 0 aromatic heterocycles. The Morgan fingerprint density at radius 2 is 2.00 bits per heavy atom. The quantitative estimate of drug-likeness (QED) is 0.749. The highest BCUT2D eigenvalue weighted by atomic mass is 16.5. The number of rotatable bonds is 4. The summed E-state index contributed by atoms with van der Waals surface area (Å²) in [4.78, 5) is 0. The van der Waals surface area contributed by atoms with Crippen LogP contribution in [0.3, 0.4) is 0 Å². The third kappa shape index (κ3) is 3.14. The molecule has 0 fully saturated rings. The van der Waals surface area contributed by atoms with Gasteiger partial charge in [0.15, 0.2) is 6.61 Å². The summed E-state index contributed by atoms with van der Waals surface area (Å²) in [5.41, 5.74) is 1.06. The summed E-state index contributed by atoms with van der Waals surface area (Å²) in [5.74, 6) is 0.684. The van der Waals surface area contributed by atoms with Crippen molar-refractivity contribution in [2.75, 3.05) is 13.2 Å². The molecule has 3 nitrogen and oxygen atoms in total. The van der Waals surface area contributed by atoms with E-state index in [9.17, 15) is 0 Å². The zero-order valence-corrected chi connectivity index (χ0v) is 7.23. The van der Waals surface area contributed by atoms with Crippen LogP contribution < -0.4 is 4.74 Å². The van der Waals surface area contributed by atoms with Gasteiger partial charge in [-0.3, -0.25) is 0 Å². The van der Waals surface area contributed by atoms with Gasteiger partial charge in [0.25, 0.3) is 0 Å². The topological polar surface area (TPSA) is 53.2 Å². The van der Waals surface area contributed by atoms with Crippen molar-refractivity contribution < 1.29 is 9.84 Å². The second-order valence-electron chi connectivity index (χ2n) is 2.56.